The van der Waals surface area contributed by atoms with Crippen LogP contribution in [0, 0.1) is 5.82 Å². The van der Waals surface area contributed by atoms with E-state index in [-0.39, 0.29) is 11.2 Å². The van der Waals surface area contributed by atoms with E-state index in [9.17, 15) is 4.39 Å². The molecule has 1 aliphatic heterocycles. The fraction of sp³-hybridized carbons (Fsp3) is 0.682. The van der Waals surface area contributed by atoms with Crippen LogP contribution in [0.3, 0.4) is 0 Å². The van der Waals surface area contributed by atoms with Gasteiger partial charge in [-0.3, -0.25) is 4.99 Å². The first-order valence-corrected chi connectivity index (χ1v) is 10.8. The van der Waals surface area contributed by atoms with Crippen LogP contribution in [-0.2, 0) is 5.41 Å². The monoisotopic (exact) mass is 389 g/mol. The van der Waals surface area contributed by atoms with Gasteiger partial charge in [-0.2, -0.15) is 0 Å². The highest BCUT2D eigenvalue weighted by atomic mass is 19.1. The standard InChI is InChI=1S/C22H36FN5/c1-3-24-21(25-12-6-7-13-28-16-14-27(2)15-17-28)26-18-22(10-11-22)19-8-4-5-9-20(19)23/h4-5,8-9H,3,6-7,10-18H2,1-2H3,(H2,24,25,26). The number of hydrogen-bond acceptors (Lipinski definition) is 3. The Morgan fingerprint density at radius 3 is 2.54 bits per heavy atom. The van der Waals surface area contributed by atoms with E-state index in [1.54, 1.807) is 12.1 Å². The molecule has 2 fully saturated rings. The Hall–Kier alpha value is -1.66. The Morgan fingerprint density at radius 2 is 1.86 bits per heavy atom. The number of guanidine groups is 1. The number of rotatable bonds is 9. The second kappa shape index (κ2) is 10.2. The van der Waals surface area contributed by atoms with Gasteiger partial charge >= 0.3 is 0 Å². The molecule has 1 saturated carbocycles. The van der Waals surface area contributed by atoms with Crippen molar-refractivity contribution in [3.8, 4) is 0 Å². The van der Waals surface area contributed by atoms with E-state index >= 15 is 0 Å². The van der Waals surface area contributed by atoms with Crippen molar-refractivity contribution in [3.63, 3.8) is 0 Å². The Bertz CT molecular complexity index is 636. The number of piperazine rings is 1. The highest BCUT2D eigenvalue weighted by molar-refractivity contribution is 5.79. The second-order valence-electron chi connectivity index (χ2n) is 8.23. The third-order valence-electron chi connectivity index (χ3n) is 5.97. The second-order valence-corrected chi connectivity index (χ2v) is 8.23. The van der Waals surface area contributed by atoms with Crippen molar-refractivity contribution in [2.45, 2.75) is 38.0 Å². The molecule has 1 heterocycles. The van der Waals surface area contributed by atoms with Gasteiger partial charge in [0, 0.05) is 44.7 Å². The van der Waals surface area contributed by atoms with Crippen LogP contribution in [-0.4, -0.2) is 75.2 Å². The van der Waals surface area contributed by atoms with Gasteiger partial charge in [0.2, 0.25) is 0 Å². The molecule has 28 heavy (non-hydrogen) atoms. The summed E-state index contributed by atoms with van der Waals surface area (Å²) in [5, 5.41) is 6.77. The Kier molecular flexibility index (Phi) is 7.68. The molecule has 0 atom stereocenters. The largest absolute Gasteiger partial charge is 0.357 e. The third-order valence-corrected chi connectivity index (χ3v) is 5.97. The van der Waals surface area contributed by atoms with Crippen LogP contribution in [0.4, 0.5) is 4.39 Å². The van der Waals surface area contributed by atoms with Gasteiger partial charge in [-0.1, -0.05) is 18.2 Å². The Balaban J connectivity index is 1.41. The summed E-state index contributed by atoms with van der Waals surface area (Å²) < 4.78 is 14.2. The number of aliphatic imine (C=N–C) groups is 1. The van der Waals surface area contributed by atoms with Crippen molar-refractivity contribution in [1.82, 2.24) is 20.4 Å². The van der Waals surface area contributed by atoms with Crippen LogP contribution >= 0.6 is 0 Å². The van der Waals surface area contributed by atoms with Crippen molar-refractivity contribution in [2.24, 2.45) is 4.99 Å². The summed E-state index contributed by atoms with van der Waals surface area (Å²) in [5.41, 5.74) is 0.719. The summed E-state index contributed by atoms with van der Waals surface area (Å²) in [6, 6.07) is 7.15. The molecule has 1 saturated heterocycles. The minimum absolute atomic E-state index is 0.0999. The van der Waals surface area contributed by atoms with E-state index < -0.39 is 0 Å². The highest BCUT2D eigenvalue weighted by Crippen LogP contribution is 2.49. The third kappa shape index (κ3) is 5.92. The van der Waals surface area contributed by atoms with Crippen LogP contribution in [0.15, 0.2) is 29.3 Å². The van der Waals surface area contributed by atoms with Crippen LogP contribution in [0.1, 0.15) is 38.2 Å². The van der Waals surface area contributed by atoms with Crippen LogP contribution < -0.4 is 10.6 Å². The molecule has 5 nitrogen and oxygen atoms in total. The van der Waals surface area contributed by atoms with Crippen molar-refractivity contribution in [2.75, 3.05) is 59.4 Å². The number of unbranched alkanes of at least 4 members (excludes halogenated alkanes) is 1. The highest BCUT2D eigenvalue weighted by Gasteiger charge is 2.45. The molecule has 2 N–H and O–H groups in total. The molecule has 3 rings (SSSR count). The lowest BCUT2D eigenvalue weighted by atomic mass is 9.95. The normalized spacial score (nSPS) is 20.2. The van der Waals surface area contributed by atoms with E-state index in [4.69, 9.17) is 4.99 Å². The topological polar surface area (TPSA) is 42.9 Å². The maximum absolute atomic E-state index is 14.2. The molecule has 0 spiro atoms. The number of hydrogen-bond donors (Lipinski definition) is 2. The zero-order valence-corrected chi connectivity index (χ0v) is 17.5. The average molecular weight is 390 g/mol. The van der Waals surface area contributed by atoms with Crippen LogP contribution in [0.5, 0.6) is 0 Å². The zero-order valence-electron chi connectivity index (χ0n) is 17.5. The van der Waals surface area contributed by atoms with Gasteiger partial charge in [-0.05, 0) is 57.8 Å². The minimum atomic E-state index is -0.102. The quantitative estimate of drug-likeness (QED) is 0.387. The van der Waals surface area contributed by atoms with Crippen LogP contribution in [0.2, 0.25) is 0 Å². The van der Waals surface area contributed by atoms with Gasteiger partial charge in [-0.25, -0.2) is 4.39 Å². The van der Waals surface area contributed by atoms with Gasteiger partial charge in [0.1, 0.15) is 5.82 Å². The maximum Gasteiger partial charge on any atom is 0.191 e. The predicted octanol–water partition coefficient (Wildman–Crippen LogP) is 2.44. The molecule has 2 aliphatic rings. The summed E-state index contributed by atoms with van der Waals surface area (Å²) in [4.78, 5) is 9.73. The summed E-state index contributed by atoms with van der Waals surface area (Å²) in [6.07, 6.45) is 4.37. The summed E-state index contributed by atoms with van der Waals surface area (Å²) in [7, 11) is 2.20. The van der Waals surface area contributed by atoms with Crippen molar-refractivity contribution in [3.05, 3.63) is 35.6 Å². The summed E-state index contributed by atoms with van der Waals surface area (Å²) >= 11 is 0. The Labute approximate surface area is 169 Å². The molecule has 0 unspecified atom stereocenters. The predicted molar refractivity (Wildman–Crippen MR) is 114 cm³/mol. The zero-order chi connectivity index (χ0) is 19.8. The average Bonchev–Trinajstić information content (AvgIpc) is 3.48. The fourth-order valence-electron chi connectivity index (χ4n) is 3.87. The van der Waals surface area contributed by atoms with Gasteiger partial charge in [0.25, 0.3) is 0 Å². The molecule has 0 amide bonds. The van der Waals surface area contributed by atoms with Gasteiger partial charge in [0.15, 0.2) is 5.96 Å². The van der Waals surface area contributed by atoms with E-state index in [0.717, 1.165) is 43.9 Å². The first kappa shape index (κ1) is 21.1. The number of nitrogens with one attached hydrogen (secondary N) is 2. The van der Waals surface area contributed by atoms with E-state index in [1.807, 2.05) is 12.1 Å². The molecule has 0 bridgehead atoms. The van der Waals surface area contributed by atoms with Crippen molar-refractivity contribution < 1.29 is 4.39 Å². The first-order chi connectivity index (χ1) is 13.6. The number of likely N-dealkylation sites (N-methyl/N-ethyl adjacent to an activating group) is 1. The molecule has 0 radical (unpaired) electrons. The van der Waals surface area contributed by atoms with E-state index in [0.29, 0.717) is 6.54 Å². The lowest BCUT2D eigenvalue weighted by Gasteiger charge is -2.32. The molecule has 1 aliphatic carbocycles. The van der Waals surface area contributed by atoms with Gasteiger partial charge in [0.05, 0.1) is 6.54 Å². The molecule has 1 aromatic rings. The molecule has 0 aromatic heterocycles. The first-order valence-electron chi connectivity index (χ1n) is 10.8. The number of nitrogens with zero attached hydrogens (tertiary/aromatic N) is 3. The molecule has 156 valence electrons. The van der Waals surface area contributed by atoms with Crippen molar-refractivity contribution >= 4 is 5.96 Å². The SMILES string of the molecule is CCNC(=NCC1(c2ccccc2F)CC1)NCCCCN1CCN(C)CC1. The van der Waals surface area contributed by atoms with E-state index in [2.05, 4.69) is 34.4 Å². The smallest absolute Gasteiger partial charge is 0.191 e. The molecular formula is C22H36FN5. The van der Waals surface area contributed by atoms with Crippen LogP contribution in [0.25, 0.3) is 0 Å². The summed E-state index contributed by atoms with van der Waals surface area (Å²) in [6.45, 7) is 10.4. The summed E-state index contributed by atoms with van der Waals surface area (Å²) in [5.74, 6) is 0.752. The fourth-order valence-corrected chi connectivity index (χ4v) is 3.87. The van der Waals surface area contributed by atoms with Gasteiger partial charge in [-0.15, -0.1) is 0 Å². The van der Waals surface area contributed by atoms with Gasteiger partial charge < -0.3 is 20.4 Å². The lowest BCUT2D eigenvalue weighted by Crippen LogP contribution is -2.44. The molecule has 1 aromatic carbocycles. The number of halogens is 1. The molecular weight excluding hydrogens is 353 g/mol. The number of benzene rings is 1. The minimum Gasteiger partial charge on any atom is -0.357 e. The maximum atomic E-state index is 14.2. The van der Waals surface area contributed by atoms with Crippen molar-refractivity contribution in [1.29, 1.82) is 0 Å². The lowest BCUT2D eigenvalue weighted by molar-refractivity contribution is 0.152. The molecule has 6 heteroatoms. The Morgan fingerprint density at radius 1 is 1.11 bits per heavy atom. The van der Waals surface area contributed by atoms with E-state index in [1.165, 1.54) is 39.1 Å².